The van der Waals surface area contributed by atoms with Crippen LogP contribution in [0.25, 0.3) is 10.6 Å². The molecule has 2 rings (SSSR count). The molecular weight excluding hydrogens is 307 g/mol. The maximum Gasteiger partial charge on any atom is 0.323 e. The third-order valence-electron chi connectivity index (χ3n) is 3.01. The first-order valence-electron chi connectivity index (χ1n) is 6.63. The number of hydrogen-bond donors (Lipinski definition) is 1. The molecule has 1 aromatic carbocycles. The van der Waals surface area contributed by atoms with E-state index in [1.165, 1.54) is 17.2 Å². The van der Waals surface area contributed by atoms with E-state index >= 15 is 0 Å². The van der Waals surface area contributed by atoms with Gasteiger partial charge in [0, 0.05) is 11.6 Å². The first-order valence-corrected chi connectivity index (χ1v) is 7.45. The summed E-state index contributed by atoms with van der Waals surface area (Å²) in [6, 6.07) is 5.91. The number of carboxylic acid groups (broad SMARTS) is 1. The average Bonchev–Trinajstić information content (AvgIpc) is 2.93. The van der Waals surface area contributed by atoms with Crippen LogP contribution in [-0.4, -0.2) is 39.5 Å². The minimum Gasteiger partial charge on any atom is -0.480 e. The van der Waals surface area contributed by atoms with Crippen LogP contribution in [0.1, 0.15) is 23.5 Å². The minimum atomic E-state index is -1.08. The van der Waals surface area contributed by atoms with Gasteiger partial charge < -0.3 is 10.0 Å². The molecule has 0 atom stereocenters. The fourth-order valence-electron chi connectivity index (χ4n) is 1.91. The Balaban J connectivity index is 2.29. The summed E-state index contributed by atoms with van der Waals surface area (Å²) in [5.74, 6) is -1.92. The Morgan fingerprint density at radius 3 is 2.64 bits per heavy atom. The third-order valence-corrected chi connectivity index (χ3v) is 4.03. The van der Waals surface area contributed by atoms with Crippen LogP contribution in [0.2, 0.25) is 0 Å². The quantitative estimate of drug-likeness (QED) is 0.919. The Bertz CT molecular complexity index is 700. The van der Waals surface area contributed by atoms with E-state index < -0.39 is 17.7 Å². The number of carboxylic acids is 1. The highest BCUT2D eigenvalue weighted by molar-refractivity contribution is 7.16. The van der Waals surface area contributed by atoms with Crippen molar-refractivity contribution in [1.82, 2.24) is 9.88 Å². The van der Waals surface area contributed by atoms with E-state index in [0.717, 1.165) is 11.3 Å². The van der Waals surface area contributed by atoms with Crippen molar-refractivity contribution < 1.29 is 19.1 Å². The van der Waals surface area contributed by atoms with Crippen LogP contribution in [0.3, 0.4) is 0 Å². The molecule has 22 heavy (non-hydrogen) atoms. The van der Waals surface area contributed by atoms with Crippen molar-refractivity contribution in [2.75, 3.05) is 6.54 Å². The summed E-state index contributed by atoms with van der Waals surface area (Å²) in [7, 11) is 0. The molecule has 0 radical (unpaired) electrons. The predicted molar refractivity (Wildman–Crippen MR) is 81.3 cm³/mol. The Labute approximate surface area is 131 Å². The first-order chi connectivity index (χ1) is 10.4. The summed E-state index contributed by atoms with van der Waals surface area (Å²) in [6.07, 6.45) is 1.35. The van der Waals surface area contributed by atoms with Crippen LogP contribution < -0.4 is 0 Å². The van der Waals surface area contributed by atoms with Gasteiger partial charge in [0.1, 0.15) is 22.2 Å². The maximum atomic E-state index is 13.7. The van der Waals surface area contributed by atoms with Crippen LogP contribution in [-0.2, 0) is 4.79 Å². The van der Waals surface area contributed by atoms with Gasteiger partial charge in [-0.15, -0.1) is 11.3 Å². The molecule has 2 aromatic rings. The molecule has 0 spiro atoms. The van der Waals surface area contributed by atoms with Crippen LogP contribution >= 0.6 is 11.3 Å². The smallest absolute Gasteiger partial charge is 0.323 e. The minimum absolute atomic E-state index is 0.261. The number of carbonyl (C=O) groups is 2. The fraction of sp³-hybridized carbons (Fsp3) is 0.267. The topological polar surface area (TPSA) is 70.5 Å². The largest absolute Gasteiger partial charge is 0.480 e. The summed E-state index contributed by atoms with van der Waals surface area (Å²) in [5.41, 5.74) is 0.320. The molecule has 7 heteroatoms. The van der Waals surface area contributed by atoms with Gasteiger partial charge in [-0.05, 0) is 26.0 Å². The molecule has 0 saturated heterocycles. The summed E-state index contributed by atoms with van der Waals surface area (Å²) >= 11 is 1.05. The lowest BCUT2D eigenvalue weighted by molar-refractivity contribution is -0.138. The van der Waals surface area contributed by atoms with Gasteiger partial charge in [-0.3, -0.25) is 9.59 Å². The van der Waals surface area contributed by atoms with Gasteiger partial charge in [-0.25, -0.2) is 9.37 Å². The number of nitrogens with zero attached hydrogens (tertiary/aromatic N) is 2. The first kappa shape index (κ1) is 16.1. The Morgan fingerprint density at radius 2 is 2.05 bits per heavy atom. The second-order valence-corrected chi connectivity index (χ2v) is 5.96. The summed E-state index contributed by atoms with van der Waals surface area (Å²) < 4.78 is 13.7. The predicted octanol–water partition coefficient (Wildman–Crippen LogP) is 2.88. The van der Waals surface area contributed by atoms with Gasteiger partial charge >= 0.3 is 5.97 Å². The fourth-order valence-corrected chi connectivity index (χ4v) is 2.81. The molecule has 5 nitrogen and oxygen atoms in total. The highest BCUT2D eigenvalue weighted by Gasteiger charge is 2.23. The van der Waals surface area contributed by atoms with Crippen LogP contribution in [0.5, 0.6) is 0 Å². The summed E-state index contributed by atoms with van der Waals surface area (Å²) in [4.78, 5) is 28.9. The zero-order valence-electron chi connectivity index (χ0n) is 12.1. The standard InChI is InChI=1S/C15H15FN2O3S/c1-9(2)18(8-13(19)20)15(21)12-7-17-14(22-12)10-5-3-4-6-11(10)16/h3-7,9H,8H2,1-2H3,(H,19,20). The number of amides is 1. The SMILES string of the molecule is CC(C)N(CC(=O)O)C(=O)c1cnc(-c2ccccc2F)s1. The molecule has 1 heterocycles. The van der Waals surface area contributed by atoms with Gasteiger partial charge in [0.25, 0.3) is 5.91 Å². The van der Waals surface area contributed by atoms with Crippen molar-refractivity contribution in [2.24, 2.45) is 0 Å². The van der Waals surface area contributed by atoms with Crippen molar-refractivity contribution in [3.63, 3.8) is 0 Å². The lowest BCUT2D eigenvalue weighted by atomic mass is 10.2. The Morgan fingerprint density at radius 1 is 1.36 bits per heavy atom. The number of halogens is 1. The van der Waals surface area contributed by atoms with E-state index in [1.54, 1.807) is 32.0 Å². The number of benzene rings is 1. The van der Waals surface area contributed by atoms with Crippen LogP contribution in [0.4, 0.5) is 4.39 Å². The third kappa shape index (κ3) is 3.48. The monoisotopic (exact) mass is 322 g/mol. The number of aliphatic carboxylic acids is 1. The van der Waals surface area contributed by atoms with E-state index in [4.69, 9.17) is 5.11 Å². The van der Waals surface area contributed by atoms with Crippen molar-refractivity contribution in [3.05, 3.63) is 41.2 Å². The normalized spacial score (nSPS) is 10.7. The molecule has 1 amide bonds. The van der Waals surface area contributed by atoms with Gasteiger partial charge in [-0.2, -0.15) is 0 Å². The molecule has 1 aromatic heterocycles. The van der Waals surface area contributed by atoms with E-state index in [2.05, 4.69) is 4.98 Å². The maximum absolute atomic E-state index is 13.7. The second-order valence-electron chi connectivity index (χ2n) is 4.93. The van der Waals surface area contributed by atoms with Gasteiger partial charge in [0.05, 0.1) is 6.20 Å². The van der Waals surface area contributed by atoms with E-state index in [1.807, 2.05) is 0 Å². The molecule has 0 saturated carbocycles. The summed E-state index contributed by atoms with van der Waals surface area (Å²) in [5, 5.41) is 9.28. The van der Waals surface area contributed by atoms with Crippen molar-refractivity contribution in [2.45, 2.75) is 19.9 Å². The average molecular weight is 322 g/mol. The zero-order chi connectivity index (χ0) is 16.3. The number of carbonyl (C=O) groups excluding carboxylic acids is 1. The molecule has 1 N–H and O–H groups in total. The van der Waals surface area contributed by atoms with E-state index in [9.17, 15) is 14.0 Å². The number of hydrogen-bond acceptors (Lipinski definition) is 4. The number of aromatic nitrogens is 1. The van der Waals surface area contributed by atoms with Crippen molar-refractivity contribution >= 4 is 23.2 Å². The second kappa shape index (κ2) is 6.65. The number of thiazole rings is 1. The van der Waals surface area contributed by atoms with Crippen LogP contribution in [0, 0.1) is 5.82 Å². The Kier molecular flexibility index (Phi) is 4.87. The van der Waals surface area contributed by atoms with Gasteiger partial charge in [0.15, 0.2) is 0 Å². The van der Waals surface area contributed by atoms with Crippen LogP contribution in [0.15, 0.2) is 30.5 Å². The molecule has 0 aliphatic carbocycles. The van der Waals surface area contributed by atoms with E-state index in [0.29, 0.717) is 10.6 Å². The van der Waals surface area contributed by atoms with Gasteiger partial charge in [0.2, 0.25) is 0 Å². The van der Waals surface area contributed by atoms with Gasteiger partial charge in [-0.1, -0.05) is 12.1 Å². The Hall–Kier alpha value is -2.28. The lowest BCUT2D eigenvalue weighted by Gasteiger charge is -2.23. The molecule has 116 valence electrons. The van der Waals surface area contributed by atoms with Crippen molar-refractivity contribution in [3.8, 4) is 10.6 Å². The molecule has 0 fully saturated rings. The van der Waals surface area contributed by atoms with E-state index in [-0.39, 0.29) is 17.5 Å². The molecule has 0 bridgehead atoms. The molecule has 0 unspecified atom stereocenters. The lowest BCUT2D eigenvalue weighted by Crippen LogP contribution is -2.40. The molecule has 0 aliphatic rings. The zero-order valence-corrected chi connectivity index (χ0v) is 12.9. The highest BCUT2D eigenvalue weighted by atomic mass is 32.1. The molecule has 0 aliphatic heterocycles. The molecular formula is C15H15FN2O3S. The number of rotatable bonds is 5. The summed E-state index contributed by atoms with van der Waals surface area (Å²) in [6.45, 7) is 3.09. The van der Waals surface area contributed by atoms with Crippen molar-refractivity contribution in [1.29, 1.82) is 0 Å². The highest BCUT2D eigenvalue weighted by Crippen LogP contribution is 2.28.